The first kappa shape index (κ1) is 39.0. The van der Waals surface area contributed by atoms with Crippen molar-refractivity contribution in [1.29, 1.82) is 0 Å². The Bertz CT molecular complexity index is 1610. The molecule has 11 heteroatoms. The number of nitrogens with zero attached hydrogens (tertiary/aromatic N) is 2. The van der Waals surface area contributed by atoms with Gasteiger partial charge in [-0.3, -0.25) is 9.59 Å². The van der Waals surface area contributed by atoms with Crippen LogP contribution in [0.3, 0.4) is 0 Å². The third-order valence-corrected chi connectivity index (χ3v) is 8.67. The van der Waals surface area contributed by atoms with Crippen LogP contribution in [0.25, 0.3) is 0 Å². The minimum atomic E-state index is -0.663. The van der Waals surface area contributed by atoms with Crippen LogP contribution in [0.1, 0.15) is 72.9 Å². The van der Waals surface area contributed by atoms with Crippen LogP contribution in [0.4, 0.5) is 0 Å². The van der Waals surface area contributed by atoms with Crippen LogP contribution in [0.5, 0.6) is 11.8 Å². The summed E-state index contributed by atoms with van der Waals surface area (Å²) in [6.45, 7) is 5.97. The average Bonchev–Trinajstić information content (AvgIpc) is 4.09. The van der Waals surface area contributed by atoms with Gasteiger partial charge in [-0.05, 0) is 60.8 Å². The van der Waals surface area contributed by atoms with Gasteiger partial charge in [-0.15, -0.1) is 0 Å². The molecular formula is C40H50N4O7. The predicted molar refractivity (Wildman–Crippen MR) is 195 cm³/mol. The molecule has 2 fully saturated rings. The van der Waals surface area contributed by atoms with E-state index in [4.69, 9.17) is 29.8 Å². The van der Waals surface area contributed by atoms with E-state index in [9.17, 15) is 9.59 Å². The summed E-state index contributed by atoms with van der Waals surface area (Å²) in [4.78, 5) is 31.4. The number of aromatic nitrogens is 2. The number of pyridine rings is 2. The molecule has 6 atom stereocenters. The number of carbonyl (C=O) groups excluding carboxylic acids is 1. The zero-order valence-electron chi connectivity index (χ0n) is 29.8. The molecule has 51 heavy (non-hydrogen) atoms. The molecule has 4 N–H and O–H groups in total. The molecule has 2 aromatic carbocycles. The summed E-state index contributed by atoms with van der Waals surface area (Å²) >= 11 is 0. The normalized spacial score (nSPS) is 19.5. The van der Waals surface area contributed by atoms with E-state index in [-0.39, 0.29) is 35.7 Å². The lowest BCUT2D eigenvalue weighted by molar-refractivity contribution is -0.138. The molecule has 2 aliphatic carbocycles. The Morgan fingerprint density at radius 2 is 1.20 bits per heavy atom. The number of carboxylic acids is 1. The molecule has 6 rings (SSSR count). The van der Waals surface area contributed by atoms with Gasteiger partial charge in [-0.1, -0.05) is 72.8 Å². The Morgan fingerprint density at radius 3 is 1.61 bits per heavy atom. The van der Waals surface area contributed by atoms with Crippen molar-refractivity contribution < 1.29 is 33.6 Å². The van der Waals surface area contributed by atoms with E-state index in [0.717, 1.165) is 29.5 Å². The Morgan fingerprint density at radius 1 is 0.725 bits per heavy atom. The second-order valence-electron chi connectivity index (χ2n) is 12.6. The molecule has 2 heterocycles. The minimum Gasteiger partial charge on any atom is -0.481 e. The maximum absolute atomic E-state index is 12.4. The number of nitrogens with two attached hydrogens (primary N) is 1. The second kappa shape index (κ2) is 20.1. The van der Waals surface area contributed by atoms with Crippen molar-refractivity contribution in [1.82, 2.24) is 15.3 Å². The fourth-order valence-electron chi connectivity index (χ4n) is 5.43. The highest BCUT2D eigenvalue weighted by Crippen LogP contribution is 2.48. The number of hydrogen-bond donors (Lipinski definition) is 3. The first-order chi connectivity index (χ1) is 24.7. The largest absolute Gasteiger partial charge is 0.481 e. The van der Waals surface area contributed by atoms with Gasteiger partial charge in [0, 0.05) is 50.7 Å². The molecule has 0 saturated heterocycles. The second-order valence-corrected chi connectivity index (χ2v) is 12.6. The molecule has 0 radical (unpaired) electrons. The van der Waals surface area contributed by atoms with Crippen molar-refractivity contribution in [3.05, 3.63) is 120 Å². The quantitative estimate of drug-likeness (QED) is 0.124. The summed E-state index contributed by atoms with van der Waals surface area (Å²) in [5.74, 6) is 1.18. The third kappa shape index (κ3) is 12.8. The minimum absolute atomic E-state index is 0.00975. The van der Waals surface area contributed by atoms with E-state index in [1.54, 1.807) is 26.6 Å². The lowest BCUT2D eigenvalue weighted by Gasteiger charge is -2.14. The van der Waals surface area contributed by atoms with Crippen LogP contribution in [-0.4, -0.2) is 67.6 Å². The first-order valence-electron chi connectivity index (χ1n) is 17.3. The fraction of sp³-hybridized carbons (Fsp3) is 0.400. The highest BCUT2D eigenvalue weighted by molar-refractivity contribution is 5.83. The van der Waals surface area contributed by atoms with Crippen molar-refractivity contribution in [3.63, 3.8) is 0 Å². The predicted octanol–water partition coefficient (Wildman–Crippen LogP) is 6.09. The highest BCUT2D eigenvalue weighted by atomic mass is 16.5. The Labute approximate surface area is 300 Å². The van der Waals surface area contributed by atoms with Gasteiger partial charge in [-0.25, -0.2) is 9.97 Å². The first-order valence-corrected chi connectivity index (χ1v) is 17.3. The zero-order valence-corrected chi connectivity index (χ0v) is 29.8. The number of carboxylic acid groups (broad SMARTS) is 1. The van der Waals surface area contributed by atoms with E-state index >= 15 is 0 Å². The van der Waals surface area contributed by atoms with E-state index in [1.807, 2.05) is 86.6 Å². The number of benzene rings is 2. The molecule has 0 unspecified atom stereocenters. The molecule has 272 valence electrons. The number of methoxy groups -OCH3 is 2. The van der Waals surface area contributed by atoms with Crippen LogP contribution >= 0.6 is 0 Å². The lowest BCUT2D eigenvalue weighted by atomic mass is 10.1. The lowest BCUT2D eigenvalue weighted by Crippen LogP contribution is -2.28. The van der Waals surface area contributed by atoms with Gasteiger partial charge in [0.05, 0.1) is 25.2 Å². The maximum atomic E-state index is 12.4. The molecule has 0 spiro atoms. The number of rotatable bonds is 15. The van der Waals surface area contributed by atoms with Crippen LogP contribution in [0.2, 0.25) is 0 Å². The summed E-state index contributed by atoms with van der Waals surface area (Å²) in [5, 5.41) is 11.8. The van der Waals surface area contributed by atoms with E-state index in [2.05, 4.69) is 27.4 Å². The number of hydrogen-bond acceptors (Lipinski definition) is 9. The number of carbonyl (C=O) groups is 2. The fourth-order valence-corrected chi connectivity index (χ4v) is 5.43. The number of ether oxygens (including phenoxy) is 4. The van der Waals surface area contributed by atoms with Crippen LogP contribution in [-0.2, 0) is 19.1 Å². The number of nitrogens with one attached hydrogen (secondary N) is 1. The smallest absolute Gasteiger partial charge is 0.307 e. The molecule has 2 aromatic heterocycles. The van der Waals surface area contributed by atoms with Gasteiger partial charge in [0.2, 0.25) is 17.7 Å². The molecule has 2 aliphatic rings. The van der Waals surface area contributed by atoms with Gasteiger partial charge < -0.3 is 35.1 Å². The SMILES string of the molecule is COCCOc1ccc([C@H](C)N)cn1.COCCOc1ccc([C@H](C)NC(=O)[C@H]2C[C@@H]2c2ccccc2)cn1.O=C(O)[C@H]1C[C@@H]1c1ccccc1. The third-order valence-electron chi connectivity index (χ3n) is 8.67. The molecule has 0 bridgehead atoms. The zero-order chi connectivity index (χ0) is 36.6. The molecular weight excluding hydrogens is 648 g/mol. The Balaban J connectivity index is 0.000000189. The van der Waals surface area contributed by atoms with E-state index in [1.165, 1.54) is 5.56 Å². The van der Waals surface area contributed by atoms with Gasteiger partial charge in [0.15, 0.2) is 0 Å². The van der Waals surface area contributed by atoms with Crippen molar-refractivity contribution in [2.75, 3.05) is 40.6 Å². The summed E-state index contributed by atoms with van der Waals surface area (Å²) in [6.07, 6.45) is 5.20. The number of amides is 1. The molecule has 11 nitrogen and oxygen atoms in total. The Hall–Kier alpha value is -4.84. The molecule has 0 aliphatic heterocycles. The Kier molecular flexibility index (Phi) is 15.4. The number of aliphatic carboxylic acids is 1. The molecule has 4 aromatic rings. The average molecular weight is 699 g/mol. The van der Waals surface area contributed by atoms with Crippen LogP contribution in [0.15, 0.2) is 97.3 Å². The van der Waals surface area contributed by atoms with Gasteiger partial charge >= 0.3 is 5.97 Å². The van der Waals surface area contributed by atoms with Crippen molar-refractivity contribution >= 4 is 11.9 Å². The monoisotopic (exact) mass is 698 g/mol. The van der Waals surface area contributed by atoms with Crippen LogP contribution in [0, 0.1) is 11.8 Å². The standard InChI is InChI=1S/C20H24N2O3.C10H16N2O2.C10H10O2/c1-14(16-8-9-19(21-13-16)25-11-10-24-2)22-20(23)18-12-17(18)15-6-4-3-5-7-15;1-8(11)9-3-4-10(12-7-9)14-6-5-13-2;11-10(12)9-6-8(9)7-4-2-1-3-5-7/h3-9,13-14,17-18H,10-12H2,1-2H3,(H,22,23);3-4,7-8H,5-6,11H2,1-2H3;1-5,8-9H,6H2,(H,11,12)/t14-,17+,18-;8-;8-,9+/m001/s1. The maximum Gasteiger partial charge on any atom is 0.307 e. The summed E-state index contributed by atoms with van der Waals surface area (Å²) in [7, 11) is 3.27. The van der Waals surface area contributed by atoms with E-state index < -0.39 is 5.97 Å². The highest BCUT2D eigenvalue weighted by Gasteiger charge is 2.44. The van der Waals surface area contributed by atoms with Gasteiger partial charge in [0.25, 0.3) is 0 Å². The molecule has 2 saturated carbocycles. The molecule has 1 amide bonds. The van der Waals surface area contributed by atoms with Crippen molar-refractivity contribution in [3.8, 4) is 11.8 Å². The van der Waals surface area contributed by atoms with E-state index in [0.29, 0.717) is 44.1 Å². The topological polar surface area (TPSA) is 155 Å². The van der Waals surface area contributed by atoms with Gasteiger partial charge in [-0.2, -0.15) is 0 Å². The summed E-state index contributed by atoms with van der Waals surface area (Å²) in [6, 6.07) is 27.5. The van der Waals surface area contributed by atoms with Crippen LogP contribution < -0.4 is 20.5 Å². The van der Waals surface area contributed by atoms with Crippen molar-refractivity contribution in [2.24, 2.45) is 17.6 Å². The summed E-state index contributed by atoms with van der Waals surface area (Å²) < 4.78 is 20.5. The van der Waals surface area contributed by atoms with Gasteiger partial charge in [0.1, 0.15) is 13.2 Å². The van der Waals surface area contributed by atoms with Crippen molar-refractivity contribution in [2.45, 2.75) is 50.6 Å². The summed E-state index contributed by atoms with van der Waals surface area (Å²) in [5.41, 5.74) is 10.1.